The fraction of sp³-hybridized carbons (Fsp3) is 0.438. The van der Waals surface area contributed by atoms with E-state index in [1.807, 2.05) is 0 Å². The summed E-state index contributed by atoms with van der Waals surface area (Å²) in [5.74, 6) is 0.490. The molecule has 1 aromatic rings. The molecule has 1 atom stereocenters. The smallest absolute Gasteiger partial charge is 0.485 e. The molecular formula is C16H18F3NO4S. The van der Waals surface area contributed by atoms with Crippen molar-refractivity contribution in [3.63, 3.8) is 0 Å². The Hall–Kier alpha value is -1.71. The van der Waals surface area contributed by atoms with E-state index in [1.54, 1.807) is 0 Å². The summed E-state index contributed by atoms with van der Waals surface area (Å²) in [4.78, 5) is 0. The zero-order chi connectivity index (χ0) is 18.7. The molecule has 1 aliphatic carbocycles. The van der Waals surface area contributed by atoms with Gasteiger partial charge in [-0.25, -0.2) is 13.0 Å². The van der Waals surface area contributed by atoms with Gasteiger partial charge >= 0.3 is 5.51 Å². The molecule has 2 aliphatic rings. The number of allylic oxidation sites excluding steroid dienone is 1. The van der Waals surface area contributed by atoms with Crippen molar-refractivity contribution >= 4 is 15.8 Å². The van der Waals surface area contributed by atoms with Crippen molar-refractivity contribution in [1.82, 2.24) is 0 Å². The van der Waals surface area contributed by atoms with Crippen LogP contribution in [0.5, 0.6) is 0 Å². The van der Waals surface area contributed by atoms with Crippen molar-refractivity contribution < 1.29 is 35.5 Å². The van der Waals surface area contributed by atoms with Gasteiger partial charge in [-0.05, 0) is 11.6 Å². The van der Waals surface area contributed by atoms with Crippen LogP contribution in [0.2, 0.25) is 0 Å². The summed E-state index contributed by atoms with van der Waals surface area (Å²) in [5.41, 5.74) is -1.32. The highest BCUT2D eigenvalue weighted by molar-refractivity contribution is 7.86. The number of fused-ring (bicyclic) bond motifs is 1. The van der Waals surface area contributed by atoms with Crippen LogP contribution in [-0.2, 0) is 14.9 Å². The molecule has 0 radical (unpaired) electrons. The topological polar surface area (TPSA) is 69.4 Å². The fourth-order valence-corrected chi connectivity index (χ4v) is 2.85. The summed E-state index contributed by atoms with van der Waals surface area (Å²) in [6, 6.07) is 8.72. The molecular weight excluding hydrogens is 359 g/mol. The molecule has 0 amide bonds. The number of alkyl halides is 3. The minimum Gasteiger partial charge on any atom is -0.741 e. The minimum absolute atomic E-state index is 0.490. The molecule has 1 unspecified atom stereocenters. The maximum atomic E-state index is 10.7. The Morgan fingerprint density at radius 1 is 1.24 bits per heavy atom. The quantitative estimate of drug-likeness (QED) is 0.326. The molecule has 25 heavy (non-hydrogen) atoms. The Morgan fingerprint density at radius 2 is 1.80 bits per heavy atom. The number of morpholine rings is 1. The number of halogens is 3. The van der Waals surface area contributed by atoms with Crippen molar-refractivity contribution in [2.75, 3.05) is 26.3 Å². The summed E-state index contributed by atoms with van der Waals surface area (Å²) >= 11 is 0. The van der Waals surface area contributed by atoms with Crippen LogP contribution < -0.4 is 0 Å². The van der Waals surface area contributed by atoms with E-state index < -0.39 is 15.6 Å². The highest BCUT2D eigenvalue weighted by atomic mass is 32.2. The van der Waals surface area contributed by atoms with Gasteiger partial charge in [-0.1, -0.05) is 24.3 Å². The molecule has 0 saturated carbocycles. The van der Waals surface area contributed by atoms with Crippen molar-refractivity contribution in [3.8, 4) is 0 Å². The van der Waals surface area contributed by atoms with Gasteiger partial charge in [0.2, 0.25) is 0 Å². The predicted octanol–water partition coefficient (Wildman–Crippen LogP) is 2.24. The summed E-state index contributed by atoms with van der Waals surface area (Å²) in [6.45, 7) is 7.71. The van der Waals surface area contributed by atoms with Gasteiger partial charge in [0, 0.05) is 17.9 Å². The van der Waals surface area contributed by atoms with Gasteiger partial charge in [0.05, 0.1) is 0 Å². The molecule has 0 spiro atoms. The highest BCUT2D eigenvalue weighted by Crippen LogP contribution is 2.34. The van der Waals surface area contributed by atoms with E-state index in [1.165, 1.54) is 16.8 Å². The van der Waals surface area contributed by atoms with Crippen molar-refractivity contribution in [1.29, 1.82) is 0 Å². The number of nitrogens with zero attached hydrogens (tertiary/aromatic N) is 1. The molecule has 5 nitrogen and oxygen atoms in total. The van der Waals surface area contributed by atoms with Gasteiger partial charge in [-0.15, -0.1) is 6.58 Å². The molecule has 0 N–H and O–H groups in total. The standard InChI is InChI=1S/C15H18NO.CHF3O3S/c1-2-12-11-15(16-7-9-17-10-8-16)14-6-4-3-5-13(12)14;2-1(3,4)8(5,6)7/h2-6,12H,1,7-11H2;(H,5,6,7)/q+1;/p-1. The monoisotopic (exact) mass is 377 g/mol. The number of hydrogen-bond donors (Lipinski definition) is 0. The Bertz CT molecular complexity index is 764. The minimum atomic E-state index is -6.09. The van der Waals surface area contributed by atoms with E-state index in [0.29, 0.717) is 5.92 Å². The number of hydrogen-bond acceptors (Lipinski definition) is 4. The third-order valence-electron chi connectivity index (χ3n) is 4.05. The van der Waals surface area contributed by atoms with Gasteiger partial charge in [0.1, 0.15) is 13.2 Å². The van der Waals surface area contributed by atoms with Crippen LogP contribution in [0, 0.1) is 0 Å². The zero-order valence-corrected chi connectivity index (χ0v) is 14.1. The first-order chi connectivity index (χ1) is 11.6. The average Bonchev–Trinajstić information content (AvgIpc) is 2.93. The van der Waals surface area contributed by atoms with Gasteiger partial charge in [0.15, 0.2) is 28.9 Å². The van der Waals surface area contributed by atoms with Gasteiger partial charge < -0.3 is 9.29 Å². The van der Waals surface area contributed by atoms with E-state index >= 15 is 0 Å². The summed E-state index contributed by atoms with van der Waals surface area (Å²) in [7, 11) is -6.09. The van der Waals surface area contributed by atoms with Crippen LogP contribution in [0.15, 0.2) is 36.9 Å². The largest absolute Gasteiger partial charge is 0.741 e. The Kier molecular flexibility index (Phi) is 6.02. The zero-order valence-electron chi connectivity index (χ0n) is 13.3. The van der Waals surface area contributed by atoms with Crippen molar-refractivity contribution in [3.05, 3.63) is 48.0 Å². The molecule has 1 fully saturated rings. The van der Waals surface area contributed by atoms with Crippen LogP contribution in [0.1, 0.15) is 23.5 Å². The third kappa shape index (κ3) is 4.68. The van der Waals surface area contributed by atoms with Crippen molar-refractivity contribution in [2.24, 2.45) is 0 Å². The van der Waals surface area contributed by atoms with Crippen LogP contribution in [0.25, 0.3) is 0 Å². The molecule has 1 aliphatic heterocycles. The first kappa shape index (κ1) is 19.6. The molecule has 3 rings (SSSR count). The molecule has 1 aromatic carbocycles. The lowest BCUT2D eigenvalue weighted by molar-refractivity contribution is -0.549. The van der Waals surface area contributed by atoms with Crippen LogP contribution in [-0.4, -0.2) is 55.1 Å². The Labute approximate surface area is 144 Å². The van der Waals surface area contributed by atoms with Gasteiger partial charge in [-0.3, -0.25) is 0 Å². The first-order valence-corrected chi connectivity index (χ1v) is 8.98. The number of rotatable bonds is 1. The summed E-state index contributed by atoms with van der Waals surface area (Å²) < 4.78 is 66.8. The van der Waals surface area contributed by atoms with E-state index in [9.17, 15) is 13.2 Å². The lowest BCUT2D eigenvalue weighted by Gasteiger charge is -2.13. The second-order valence-corrected chi connectivity index (χ2v) is 6.95. The number of benzene rings is 1. The maximum Gasteiger partial charge on any atom is 0.485 e. The SMILES string of the molecule is C=CC1CC(=[N+]2CCOCC2)c2ccccc21.O=S(=O)([O-])C(F)(F)F. The molecule has 1 saturated heterocycles. The molecule has 0 aromatic heterocycles. The molecule has 0 bridgehead atoms. The molecule has 9 heteroatoms. The molecule has 138 valence electrons. The Morgan fingerprint density at radius 3 is 2.32 bits per heavy atom. The van der Waals surface area contributed by atoms with Gasteiger partial charge in [0.25, 0.3) is 0 Å². The van der Waals surface area contributed by atoms with E-state index in [-0.39, 0.29) is 0 Å². The first-order valence-electron chi connectivity index (χ1n) is 7.57. The normalized spacial score (nSPS) is 20.6. The predicted molar refractivity (Wildman–Crippen MR) is 84.7 cm³/mol. The maximum absolute atomic E-state index is 10.7. The van der Waals surface area contributed by atoms with E-state index in [2.05, 4.69) is 41.5 Å². The van der Waals surface area contributed by atoms with Crippen LogP contribution in [0.3, 0.4) is 0 Å². The summed E-state index contributed by atoms with van der Waals surface area (Å²) in [6.07, 6.45) is 3.18. The van der Waals surface area contributed by atoms with Crippen molar-refractivity contribution in [2.45, 2.75) is 17.8 Å². The number of ether oxygens (including phenoxy) is 1. The third-order valence-corrected chi connectivity index (χ3v) is 4.61. The Balaban J connectivity index is 0.000000242. The average molecular weight is 377 g/mol. The highest BCUT2D eigenvalue weighted by Gasteiger charge is 2.37. The fourth-order valence-electron chi connectivity index (χ4n) is 2.85. The van der Waals surface area contributed by atoms with Crippen LogP contribution in [0.4, 0.5) is 13.2 Å². The second kappa shape index (κ2) is 7.67. The second-order valence-electron chi connectivity index (χ2n) is 5.58. The summed E-state index contributed by atoms with van der Waals surface area (Å²) in [5, 5.41) is 0. The van der Waals surface area contributed by atoms with Gasteiger partial charge in [-0.2, -0.15) is 13.2 Å². The van der Waals surface area contributed by atoms with E-state index in [0.717, 1.165) is 32.7 Å². The molecule has 1 heterocycles. The van der Waals surface area contributed by atoms with Crippen LogP contribution >= 0.6 is 0 Å². The lowest BCUT2D eigenvalue weighted by Crippen LogP contribution is -2.33. The lowest BCUT2D eigenvalue weighted by atomic mass is 10.0. The van der Waals surface area contributed by atoms with E-state index in [4.69, 9.17) is 17.7 Å².